The number of hydrogen-bond donors (Lipinski definition) is 1. The van der Waals surface area contributed by atoms with Crippen molar-refractivity contribution in [2.75, 3.05) is 13.2 Å². The van der Waals surface area contributed by atoms with Crippen LogP contribution >= 0.6 is 0 Å². The molecule has 1 unspecified atom stereocenters. The van der Waals surface area contributed by atoms with E-state index < -0.39 is 0 Å². The van der Waals surface area contributed by atoms with Crippen molar-refractivity contribution < 1.29 is 9.47 Å². The molecular formula is C17H24N2O2. The first kappa shape index (κ1) is 15.4. The van der Waals surface area contributed by atoms with E-state index in [1.165, 1.54) is 5.56 Å². The Bertz CT molecular complexity index is 549. The van der Waals surface area contributed by atoms with Crippen LogP contribution in [0.5, 0.6) is 11.5 Å². The molecule has 4 nitrogen and oxygen atoms in total. The Hall–Kier alpha value is -1.94. The Labute approximate surface area is 126 Å². The standard InChI is InChI=1S/C17H24N2O2/c1-3-20-16-6-4-5-7-17(16)21-11-10-19-9-8-15(13-19)12-14(2)18/h4-9,13-14H,3,10-12,18H2,1-2H3. The van der Waals surface area contributed by atoms with Gasteiger partial charge in [-0.1, -0.05) is 12.1 Å². The Morgan fingerprint density at radius 2 is 1.86 bits per heavy atom. The molecule has 0 radical (unpaired) electrons. The maximum Gasteiger partial charge on any atom is 0.161 e. The van der Waals surface area contributed by atoms with Crippen molar-refractivity contribution in [2.24, 2.45) is 5.73 Å². The number of para-hydroxylation sites is 2. The molecule has 2 rings (SSSR count). The van der Waals surface area contributed by atoms with Gasteiger partial charge in [-0.05, 0) is 44.0 Å². The molecule has 0 saturated carbocycles. The zero-order chi connectivity index (χ0) is 15.1. The fourth-order valence-corrected chi connectivity index (χ4v) is 2.23. The molecule has 0 bridgehead atoms. The topological polar surface area (TPSA) is 49.4 Å². The van der Waals surface area contributed by atoms with Gasteiger partial charge < -0.3 is 19.8 Å². The third-order valence-corrected chi connectivity index (χ3v) is 3.13. The van der Waals surface area contributed by atoms with E-state index in [-0.39, 0.29) is 6.04 Å². The number of rotatable bonds is 8. The summed E-state index contributed by atoms with van der Waals surface area (Å²) in [6, 6.07) is 10.1. The molecule has 1 aromatic carbocycles. The minimum atomic E-state index is 0.190. The van der Waals surface area contributed by atoms with Gasteiger partial charge in [0.05, 0.1) is 13.2 Å². The average Bonchev–Trinajstić information content (AvgIpc) is 2.88. The molecule has 4 heteroatoms. The van der Waals surface area contributed by atoms with E-state index in [1.807, 2.05) is 38.1 Å². The molecule has 0 spiro atoms. The summed E-state index contributed by atoms with van der Waals surface area (Å²) in [6.45, 7) is 6.04. The highest BCUT2D eigenvalue weighted by Crippen LogP contribution is 2.26. The predicted molar refractivity (Wildman–Crippen MR) is 84.9 cm³/mol. The van der Waals surface area contributed by atoms with Gasteiger partial charge in [0.1, 0.15) is 6.61 Å². The van der Waals surface area contributed by atoms with Crippen LogP contribution in [0.3, 0.4) is 0 Å². The van der Waals surface area contributed by atoms with Crippen LogP contribution in [0.1, 0.15) is 19.4 Å². The lowest BCUT2D eigenvalue weighted by Crippen LogP contribution is -2.17. The highest BCUT2D eigenvalue weighted by Gasteiger charge is 2.04. The summed E-state index contributed by atoms with van der Waals surface area (Å²) in [5, 5.41) is 0. The molecule has 0 fully saturated rings. The number of nitrogens with two attached hydrogens (primary N) is 1. The highest BCUT2D eigenvalue weighted by molar-refractivity contribution is 5.39. The molecule has 0 aliphatic rings. The lowest BCUT2D eigenvalue weighted by Gasteiger charge is -2.11. The third-order valence-electron chi connectivity index (χ3n) is 3.13. The fourth-order valence-electron chi connectivity index (χ4n) is 2.23. The first-order valence-corrected chi connectivity index (χ1v) is 7.44. The Kier molecular flexibility index (Phi) is 5.69. The Morgan fingerprint density at radius 3 is 2.52 bits per heavy atom. The second kappa shape index (κ2) is 7.74. The van der Waals surface area contributed by atoms with Crippen LogP contribution in [0.4, 0.5) is 0 Å². The Morgan fingerprint density at radius 1 is 1.14 bits per heavy atom. The third kappa shape index (κ3) is 4.83. The van der Waals surface area contributed by atoms with Crippen LogP contribution in [-0.4, -0.2) is 23.8 Å². The maximum atomic E-state index is 5.81. The quantitative estimate of drug-likeness (QED) is 0.812. The monoisotopic (exact) mass is 288 g/mol. The summed E-state index contributed by atoms with van der Waals surface area (Å²) < 4.78 is 13.5. The van der Waals surface area contributed by atoms with Crippen molar-refractivity contribution in [3.05, 3.63) is 48.3 Å². The molecule has 1 atom stereocenters. The van der Waals surface area contributed by atoms with Crippen molar-refractivity contribution in [3.63, 3.8) is 0 Å². The average molecular weight is 288 g/mol. The molecule has 0 aliphatic heterocycles. The second-order valence-electron chi connectivity index (χ2n) is 5.17. The normalized spacial score (nSPS) is 12.1. The number of benzene rings is 1. The van der Waals surface area contributed by atoms with E-state index in [9.17, 15) is 0 Å². The minimum absolute atomic E-state index is 0.190. The first-order chi connectivity index (χ1) is 10.2. The van der Waals surface area contributed by atoms with Crippen molar-refractivity contribution in [2.45, 2.75) is 32.9 Å². The minimum Gasteiger partial charge on any atom is -0.490 e. The van der Waals surface area contributed by atoms with Gasteiger partial charge in [-0.2, -0.15) is 0 Å². The Balaban J connectivity index is 1.85. The lowest BCUT2D eigenvalue weighted by atomic mass is 10.1. The van der Waals surface area contributed by atoms with E-state index in [0.717, 1.165) is 24.5 Å². The summed E-state index contributed by atoms with van der Waals surface area (Å²) in [6.07, 6.45) is 5.09. The molecule has 2 aromatic rings. The molecule has 2 N–H and O–H groups in total. The van der Waals surface area contributed by atoms with Crippen LogP contribution < -0.4 is 15.2 Å². The van der Waals surface area contributed by atoms with Crippen LogP contribution in [0.25, 0.3) is 0 Å². The highest BCUT2D eigenvalue weighted by atomic mass is 16.5. The molecular weight excluding hydrogens is 264 g/mol. The van der Waals surface area contributed by atoms with Crippen LogP contribution in [0.15, 0.2) is 42.7 Å². The van der Waals surface area contributed by atoms with Gasteiger partial charge in [0.15, 0.2) is 11.5 Å². The first-order valence-electron chi connectivity index (χ1n) is 7.44. The van der Waals surface area contributed by atoms with Gasteiger partial charge in [-0.15, -0.1) is 0 Å². The maximum absolute atomic E-state index is 5.81. The molecule has 0 amide bonds. The van der Waals surface area contributed by atoms with Gasteiger partial charge >= 0.3 is 0 Å². The molecule has 0 saturated heterocycles. The van der Waals surface area contributed by atoms with E-state index in [4.69, 9.17) is 15.2 Å². The smallest absolute Gasteiger partial charge is 0.161 e. The molecule has 0 aliphatic carbocycles. The van der Waals surface area contributed by atoms with Crippen molar-refractivity contribution >= 4 is 0 Å². The van der Waals surface area contributed by atoms with E-state index >= 15 is 0 Å². The van der Waals surface area contributed by atoms with Gasteiger partial charge in [-0.25, -0.2) is 0 Å². The number of ether oxygens (including phenoxy) is 2. The zero-order valence-electron chi connectivity index (χ0n) is 12.8. The molecule has 1 aromatic heterocycles. The van der Waals surface area contributed by atoms with E-state index in [0.29, 0.717) is 13.2 Å². The summed E-state index contributed by atoms with van der Waals surface area (Å²) in [4.78, 5) is 0. The summed E-state index contributed by atoms with van der Waals surface area (Å²) in [5.74, 6) is 1.59. The van der Waals surface area contributed by atoms with E-state index in [1.54, 1.807) is 0 Å². The van der Waals surface area contributed by atoms with Crippen LogP contribution in [-0.2, 0) is 13.0 Å². The summed E-state index contributed by atoms with van der Waals surface area (Å²) in [5.41, 5.74) is 7.07. The fraction of sp³-hybridized carbons (Fsp3) is 0.412. The van der Waals surface area contributed by atoms with Gasteiger partial charge in [0.2, 0.25) is 0 Å². The molecule has 1 heterocycles. The van der Waals surface area contributed by atoms with Crippen molar-refractivity contribution in [1.29, 1.82) is 0 Å². The van der Waals surface area contributed by atoms with Crippen molar-refractivity contribution in [3.8, 4) is 11.5 Å². The lowest BCUT2D eigenvalue weighted by molar-refractivity contribution is 0.266. The number of nitrogens with zero attached hydrogens (tertiary/aromatic N) is 1. The molecule has 21 heavy (non-hydrogen) atoms. The SMILES string of the molecule is CCOc1ccccc1OCCn1ccc(CC(C)N)c1. The molecule has 114 valence electrons. The number of hydrogen-bond acceptors (Lipinski definition) is 3. The van der Waals surface area contributed by atoms with Crippen LogP contribution in [0.2, 0.25) is 0 Å². The van der Waals surface area contributed by atoms with Crippen molar-refractivity contribution in [1.82, 2.24) is 4.57 Å². The zero-order valence-corrected chi connectivity index (χ0v) is 12.8. The number of aromatic nitrogens is 1. The van der Waals surface area contributed by atoms with Gasteiger partial charge in [0, 0.05) is 18.4 Å². The summed E-state index contributed by atoms with van der Waals surface area (Å²) in [7, 11) is 0. The van der Waals surface area contributed by atoms with Crippen LogP contribution in [0, 0.1) is 0 Å². The second-order valence-corrected chi connectivity index (χ2v) is 5.17. The predicted octanol–water partition coefficient (Wildman–Crippen LogP) is 2.86. The van der Waals surface area contributed by atoms with E-state index in [2.05, 4.69) is 23.0 Å². The van der Waals surface area contributed by atoms with Gasteiger partial charge in [0.25, 0.3) is 0 Å². The van der Waals surface area contributed by atoms with Gasteiger partial charge in [-0.3, -0.25) is 0 Å². The summed E-state index contributed by atoms with van der Waals surface area (Å²) >= 11 is 0. The largest absolute Gasteiger partial charge is 0.490 e.